The number of carbonyl (C=O) groups is 5. The van der Waals surface area contributed by atoms with Crippen LogP contribution in [0.2, 0.25) is 0 Å². The number of rotatable bonds is 18. The van der Waals surface area contributed by atoms with Gasteiger partial charge in [-0.25, -0.2) is 4.79 Å². The van der Waals surface area contributed by atoms with Crippen LogP contribution in [0.15, 0.2) is 4.99 Å². The number of aliphatic imine (C=N–C) groups is 1. The number of unbranched alkanes of at least 4 members (excludes halogenated alkanes) is 1. The number of nitrogens with zero attached hydrogens (tertiary/aromatic N) is 1. The largest absolute Gasteiger partial charge is 0.480 e. The third kappa shape index (κ3) is 14.0. The Balaban J connectivity index is 5.47. The molecule has 0 saturated heterocycles. The Morgan fingerprint density at radius 1 is 0.829 bits per heavy atom. The first-order valence-electron chi connectivity index (χ1n) is 11.0. The lowest BCUT2D eigenvalue weighted by Crippen LogP contribution is -2.58. The number of hydrogen-bond donors (Lipinski definition) is 10. The van der Waals surface area contributed by atoms with Crippen LogP contribution in [0.3, 0.4) is 0 Å². The molecule has 0 radical (unpaired) electrons. The Morgan fingerprint density at radius 3 is 1.91 bits per heavy atom. The van der Waals surface area contributed by atoms with Crippen LogP contribution in [0.4, 0.5) is 0 Å². The first-order chi connectivity index (χ1) is 16.4. The summed E-state index contributed by atoms with van der Waals surface area (Å²) in [6, 6.07) is -4.90. The quantitative estimate of drug-likeness (QED) is 0.0361. The number of guanidine groups is 1. The Labute approximate surface area is 208 Å². The van der Waals surface area contributed by atoms with Crippen molar-refractivity contribution >= 4 is 48.2 Å². The van der Waals surface area contributed by atoms with Crippen LogP contribution >= 0.6 is 12.6 Å². The average molecular weight is 520 g/mol. The Hall–Kier alpha value is -3.11. The molecule has 0 aliphatic heterocycles. The van der Waals surface area contributed by atoms with E-state index in [2.05, 4.69) is 33.6 Å². The molecular weight excluding hydrogens is 482 g/mol. The second-order valence-corrected chi connectivity index (χ2v) is 8.08. The van der Waals surface area contributed by atoms with Crippen molar-refractivity contribution in [2.45, 2.75) is 62.7 Å². The van der Waals surface area contributed by atoms with Gasteiger partial charge in [0.05, 0.1) is 12.5 Å². The topological polar surface area (TPSA) is 284 Å². The molecule has 15 nitrogen and oxygen atoms in total. The number of carbonyl (C=O) groups excluding carboxylic acids is 4. The van der Waals surface area contributed by atoms with Crippen molar-refractivity contribution in [1.82, 2.24) is 16.0 Å². The number of aliphatic carboxylic acids is 1. The number of primary amides is 1. The molecule has 0 aromatic heterocycles. The van der Waals surface area contributed by atoms with Crippen molar-refractivity contribution in [3.8, 4) is 0 Å². The van der Waals surface area contributed by atoms with Gasteiger partial charge in [0.25, 0.3) is 0 Å². The SMILES string of the molecule is NCCCCC(N)C(=O)NC(CC(N)=O)C(=O)NC(CCCN=C(N)N)C(=O)NC(CS)C(=O)O. The minimum Gasteiger partial charge on any atom is -0.480 e. The van der Waals surface area contributed by atoms with Crippen LogP contribution in [0.5, 0.6) is 0 Å². The fourth-order valence-corrected chi connectivity index (χ4v) is 3.08. The van der Waals surface area contributed by atoms with Crippen molar-refractivity contribution in [2.75, 3.05) is 18.8 Å². The van der Waals surface area contributed by atoms with Crippen LogP contribution in [0.1, 0.15) is 38.5 Å². The summed E-state index contributed by atoms with van der Waals surface area (Å²) < 4.78 is 0. The summed E-state index contributed by atoms with van der Waals surface area (Å²) in [6.45, 7) is 0.569. The van der Waals surface area contributed by atoms with Crippen LogP contribution in [-0.2, 0) is 24.0 Å². The summed E-state index contributed by atoms with van der Waals surface area (Å²) in [5.74, 6) is -4.93. The molecular formula is C19H37N9O6S. The summed E-state index contributed by atoms with van der Waals surface area (Å²) in [5, 5.41) is 16.2. The smallest absolute Gasteiger partial charge is 0.327 e. The highest BCUT2D eigenvalue weighted by Gasteiger charge is 2.30. The van der Waals surface area contributed by atoms with E-state index in [1.807, 2.05) is 0 Å². The van der Waals surface area contributed by atoms with Gasteiger partial charge in [-0.15, -0.1) is 0 Å². The monoisotopic (exact) mass is 519 g/mol. The molecule has 4 atom stereocenters. The first-order valence-corrected chi connectivity index (χ1v) is 11.6. The van der Waals surface area contributed by atoms with Gasteiger partial charge in [-0.2, -0.15) is 12.6 Å². The fraction of sp³-hybridized carbons (Fsp3) is 0.684. The lowest BCUT2D eigenvalue weighted by Gasteiger charge is -2.24. The molecule has 0 saturated carbocycles. The molecule has 4 amide bonds. The molecule has 200 valence electrons. The third-order valence-corrected chi connectivity index (χ3v) is 5.08. The van der Waals surface area contributed by atoms with Crippen LogP contribution in [0.25, 0.3) is 0 Å². The van der Waals surface area contributed by atoms with Gasteiger partial charge in [0.1, 0.15) is 18.1 Å². The maximum absolute atomic E-state index is 12.9. The van der Waals surface area contributed by atoms with Gasteiger partial charge >= 0.3 is 5.97 Å². The second kappa shape index (κ2) is 17.3. The van der Waals surface area contributed by atoms with Crippen LogP contribution in [0, 0.1) is 0 Å². The van der Waals surface area contributed by atoms with E-state index < -0.39 is 60.2 Å². The molecule has 16 heteroatoms. The van der Waals surface area contributed by atoms with Gasteiger partial charge in [0.15, 0.2) is 5.96 Å². The molecule has 35 heavy (non-hydrogen) atoms. The van der Waals surface area contributed by atoms with E-state index in [0.29, 0.717) is 25.8 Å². The second-order valence-electron chi connectivity index (χ2n) is 7.71. The fourth-order valence-electron chi connectivity index (χ4n) is 2.83. The van der Waals surface area contributed by atoms with Gasteiger partial charge in [-0.1, -0.05) is 6.42 Å². The third-order valence-electron chi connectivity index (χ3n) is 4.72. The van der Waals surface area contributed by atoms with Crippen molar-refractivity contribution in [3.63, 3.8) is 0 Å². The van der Waals surface area contributed by atoms with Crippen molar-refractivity contribution in [3.05, 3.63) is 0 Å². The van der Waals surface area contributed by atoms with E-state index in [-0.39, 0.29) is 31.1 Å². The summed E-state index contributed by atoms with van der Waals surface area (Å²) in [6.07, 6.45) is 1.27. The lowest BCUT2D eigenvalue weighted by atomic mass is 10.1. The van der Waals surface area contributed by atoms with E-state index >= 15 is 0 Å². The molecule has 14 N–H and O–H groups in total. The molecule has 0 fully saturated rings. The highest BCUT2D eigenvalue weighted by Crippen LogP contribution is 2.04. The van der Waals surface area contributed by atoms with Gasteiger partial charge in [0.2, 0.25) is 23.6 Å². The zero-order valence-corrected chi connectivity index (χ0v) is 20.3. The highest BCUT2D eigenvalue weighted by atomic mass is 32.1. The minimum atomic E-state index is -1.41. The molecule has 0 aliphatic carbocycles. The predicted octanol–water partition coefficient (Wildman–Crippen LogP) is -4.16. The van der Waals surface area contributed by atoms with Crippen molar-refractivity contribution in [1.29, 1.82) is 0 Å². The van der Waals surface area contributed by atoms with E-state index in [0.717, 1.165) is 0 Å². The number of nitrogens with two attached hydrogens (primary N) is 5. The molecule has 0 bridgehead atoms. The number of thiol groups is 1. The van der Waals surface area contributed by atoms with Crippen LogP contribution < -0.4 is 44.6 Å². The van der Waals surface area contributed by atoms with Crippen LogP contribution in [-0.4, -0.2) is 83.7 Å². The van der Waals surface area contributed by atoms with Gasteiger partial charge < -0.3 is 49.7 Å². The average Bonchev–Trinajstić information content (AvgIpc) is 2.77. The lowest BCUT2D eigenvalue weighted by molar-refractivity contribution is -0.141. The zero-order chi connectivity index (χ0) is 27.0. The highest BCUT2D eigenvalue weighted by molar-refractivity contribution is 7.80. The number of amides is 4. The molecule has 0 aromatic carbocycles. The van der Waals surface area contributed by atoms with Gasteiger partial charge in [-0.05, 0) is 32.2 Å². The summed E-state index contributed by atoms with van der Waals surface area (Å²) >= 11 is 3.89. The molecule has 0 spiro atoms. The minimum absolute atomic E-state index is 0.0170. The Morgan fingerprint density at radius 2 is 1.40 bits per heavy atom. The number of carboxylic acids is 1. The van der Waals surface area contributed by atoms with Crippen molar-refractivity contribution in [2.24, 2.45) is 33.7 Å². The Kier molecular flexibility index (Phi) is 15.8. The van der Waals surface area contributed by atoms with E-state index in [1.165, 1.54) is 0 Å². The number of carboxylic acid groups (broad SMARTS) is 1. The predicted molar refractivity (Wildman–Crippen MR) is 132 cm³/mol. The summed E-state index contributed by atoms with van der Waals surface area (Å²) in [5.41, 5.74) is 27.0. The number of nitrogens with one attached hydrogen (secondary N) is 3. The van der Waals surface area contributed by atoms with Crippen molar-refractivity contribution < 1.29 is 29.1 Å². The molecule has 0 aliphatic rings. The molecule has 4 unspecified atom stereocenters. The summed E-state index contributed by atoms with van der Waals surface area (Å²) in [7, 11) is 0. The molecule has 0 aromatic rings. The van der Waals surface area contributed by atoms with E-state index in [4.69, 9.17) is 33.8 Å². The maximum Gasteiger partial charge on any atom is 0.327 e. The van der Waals surface area contributed by atoms with Gasteiger partial charge in [-0.3, -0.25) is 24.2 Å². The first kappa shape index (κ1) is 31.9. The van der Waals surface area contributed by atoms with E-state index in [9.17, 15) is 24.0 Å². The molecule has 0 heterocycles. The van der Waals surface area contributed by atoms with E-state index in [1.54, 1.807) is 0 Å². The standard InChI is InChI=1S/C19H37N9O6S/c20-6-2-1-4-10(21)15(30)27-12(8-14(22)29)17(32)26-11(5-3-7-25-19(23)24)16(31)28-13(9-35)18(33)34/h10-13,35H,1-9,20-21H2,(H2,22,29)(H,26,32)(H,27,30)(H,28,31)(H,33,34)(H4,23,24,25). The summed E-state index contributed by atoms with van der Waals surface area (Å²) in [4.78, 5) is 64.5. The number of hydrogen-bond acceptors (Lipinski definition) is 9. The normalized spacial score (nSPS) is 14.0. The maximum atomic E-state index is 12.9. The zero-order valence-electron chi connectivity index (χ0n) is 19.4. The van der Waals surface area contributed by atoms with Gasteiger partial charge in [0, 0.05) is 12.3 Å². The Bertz CT molecular complexity index is 763. The molecule has 0 rings (SSSR count).